The van der Waals surface area contributed by atoms with Gasteiger partial charge in [0.05, 0.1) is 15.0 Å². The van der Waals surface area contributed by atoms with Crippen LogP contribution in [0.5, 0.6) is 0 Å². The molecule has 1 heterocycles. The Morgan fingerprint density at radius 3 is 2.62 bits per heavy atom. The highest BCUT2D eigenvalue weighted by Crippen LogP contribution is 2.42. The maximum atomic E-state index is 4.88. The molecule has 2 aliphatic rings. The first-order valence-corrected chi connectivity index (χ1v) is 10.3. The molecule has 1 aromatic heterocycles. The van der Waals surface area contributed by atoms with Crippen molar-refractivity contribution in [1.82, 2.24) is 9.97 Å². The van der Waals surface area contributed by atoms with E-state index in [0.717, 1.165) is 35.6 Å². The summed E-state index contributed by atoms with van der Waals surface area (Å²) in [4.78, 5) is 9.68. The summed E-state index contributed by atoms with van der Waals surface area (Å²) in [7, 11) is 0. The van der Waals surface area contributed by atoms with Gasteiger partial charge in [-0.15, -0.1) is 0 Å². The van der Waals surface area contributed by atoms with E-state index in [9.17, 15) is 0 Å². The molecule has 0 unspecified atom stereocenters. The Kier molecular flexibility index (Phi) is 5.65. The zero-order valence-corrected chi connectivity index (χ0v) is 15.7. The number of thioether (sulfide) groups is 1. The Hall–Kier alpha value is -0.0400. The summed E-state index contributed by atoms with van der Waals surface area (Å²) < 4.78 is 1.25. The van der Waals surface area contributed by atoms with Gasteiger partial charge in [-0.3, -0.25) is 0 Å². The molecule has 116 valence electrons. The van der Waals surface area contributed by atoms with Crippen molar-refractivity contribution in [2.24, 2.45) is 0 Å². The lowest BCUT2D eigenvalue weighted by molar-refractivity contribution is 0.884. The second kappa shape index (κ2) is 7.49. The van der Waals surface area contributed by atoms with Crippen molar-refractivity contribution in [3.05, 3.63) is 15.1 Å². The molecule has 2 aliphatic carbocycles. The molecule has 21 heavy (non-hydrogen) atoms. The predicted octanol–water partition coefficient (Wildman–Crippen LogP) is 4.96. The Balaban J connectivity index is 1.73. The molecule has 0 aromatic carbocycles. The molecule has 0 atom stereocenters. The quantitative estimate of drug-likeness (QED) is 0.637. The van der Waals surface area contributed by atoms with Gasteiger partial charge in [0.15, 0.2) is 0 Å². The van der Waals surface area contributed by atoms with Crippen molar-refractivity contribution >= 4 is 40.2 Å². The van der Waals surface area contributed by atoms with Crippen molar-refractivity contribution in [2.75, 3.05) is 11.9 Å². The smallest absolute Gasteiger partial charge is 0.143 e. The second-order valence-corrected chi connectivity index (χ2v) is 8.47. The Morgan fingerprint density at radius 1 is 1.19 bits per heavy atom. The fourth-order valence-corrected chi connectivity index (χ4v) is 4.87. The SMILES string of the molecule is CCCNc1nc(CSC2CCCC2)nc(C2CC2)c1I. The maximum absolute atomic E-state index is 4.88. The van der Waals surface area contributed by atoms with Gasteiger partial charge in [0.1, 0.15) is 11.6 Å². The van der Waals surface area contributed by atoms with Crippen LogP contribution < -0.4 is 5.32 Å². The lowest BCUT2D eigenvalue weighted by Crippen LogP contribution is -2.10. The Labute approximate surface area is 145 Å². The van der Waals surface area contributed by atoms with Crippen molar-refractivity contribution in [2.45, 2.75) is 68.8 Å². The van der Waals surface area contributed by atoms with Crippen molar-refractivity contribution in [3.63, 3.8) is 0 Å². The molecule has 3 nitrogen and oxygen atoms in total. The van der Waals surface area contributed by atoms with Gasteiger partial charge in [0.25, 0.3) is 0 Å². The number of nitrogens with one attached hydrogen (secondary N) is 1. The minimum absolute atomic E-state index is 0.692. The van der Waals surface area contributed by atoms with Crippen LogP contribution in [0.4, 0.5) is 5.82 Å². The van der Waals surface area contributed by atoms with Gasteiger partial charge in [-0.2, -0.15) is 11.8 Å². The summed E-state index contributed by atoms with van der Waals surface area (Å²) in [6, 6.07) is 0. The number of aromatic nitrogens is 2. The lowest BCUT2D eigenvalue weighted by atomic mass is 10.2. The van der Waals surface area contributed by atoms with Crippen LogP contribution in [-0.2, 0) is 5.75 Å². The molecule has 3 rings (SSSR count). The molecule has 2 saturated carbocycles. The molecular formula is C16H24IN3S. The van der Waals surface area contributed by atoms with Crippen LogP contribution in [0.2, 0.25) is 0 Å². The van der Waals surface area contributed by atoms with Gasteiger partial charge in [0.2, 0.25) is 0 Å². The lowest BCUT2D eigenvalue weighted by Gasteiger charge is -2.13. The third-order valence-electron chi connectivity index (χ3n) is 4.18. The molecule has 0 radical (unpaired) electrons. The van der Waals surface area contributed by atoms with Crippen LogP contribution >= 0.6 is 34.4 Å². The molecule has 0 amide bonds. The van der Waals surface area contributed by atoms with E-state index in [-0.39, 0.29) is 0 Å². The molecule has 0 aliphatic heterocycles. The monoisotopic (exact) mass is 417 g/mol. The molecule has 0 saturated heterocycles. The van der Waals surface area contributed by atoms with Gasteiger partial charge in [-0.05, 0) is 54.7 Å². The summed E-state index contributed by atoms with van der Waals surface area (Å²) in [5.74, 6) is 3.77. The molecule has 0 spiro atoms. The summed E-state index contributed by atoms with van der Waals surface area (Å²) in [5, 5.41) is 4.32. The molecule has 2 fully saturated rings. The Morgan fingerprint density at radius 2 is 1.95 bits per heavy atom. The number of anilines is 1. The number of hydrogen-bond donors (Lipinski definition) is 1. The van der Waals surface area contributed by atoms with Crippen molar-refractivity contribution < 1.29 is 0 Å². The highest BCUT2D eigenvalue weighted by Gasteiger charge is 2.29. The number of hydrogen-bond acceptors (Lipinski definition) is 4. The Bertz CT molecular complexity index is 485. The summed E-state index contributed by atoms with van der Waals surface area (Å²) >= 11 is 4.49. The fourth-order valence-electron chi connectivity index (χ4n) is 2.81. The van der Waals surface area contributed by atoms with E-state index in [1.54, 1.807) is 0 Å². The van der Waals surface area contributed by atoms with Crippen LogP contribution in [0.25, 0.3) is 0 Å². The van der Waals surface area contributed by atoms with E-state index >= 15 is 0 Å². The zero-order valence-electron chi connectivity index (χ0n) is 12.7. The molecule has 1 N–H and O–H groups in total. The maximum Gasteiger partial charge on any atom is 0.143 e. The van der Waals surface area contributed by atoms with Crippen LogP contribution in [0.15, 0.2) is 0 Å². The topological polar surface area (TPSA) is 37.8 Å². The minimum Gasteiger partial charge on any atom is -0.369 e. The number of halogens is 1. The first-order valence-electron chi connectivity index (χ1n) is 8.19. The molecule has 0 bridgehead atoms. The van der Waals surface area contributed by atoms with Crippen molar-refractivity contribution in [3.8, 4) is 0 Å². The van der Waals surface area contributed by atoms with E-state index in [1.807, 2.05) is 0 Å². The van der Waals surface area contributed by atoms with Gasteiger partial charge < -0.3 is 5.32 Å². The number of nitrogens with zero attached hydrogens (tertiary/aromatic N) is 2. The average molecular weight is 417 g/mol. The molecular weight excluding hydrogens is 393 g/mol. The zero-order chi connectivity index (χ0) is 14.7. The van der Waals surface area contributed by atoms with Crippen LogP contribution in [-0.4, -0.2) is 21.8 Å². The third-order valence-corrected chi connectivity index (χ3v) is 6.61. The average Bonchev–Trinajstić information content (AvgIpc) is 3.20. The van der Waals surface area contributed by atoms with E-state index in [4.69, 9.17) is 9.97 Å². The predicted molar refractivity (Wildman–Crippen MR) is 99.1 cm³/mol. The van der Waals surface area contributed by atoms with Gasteiger partial charge in [0, 0.05) is 17.7 Å². The third kappa shape index (κ3) is 4.24. The van der Waals surface area contributed by atoms with E-state index < -0.39 is 0 Å². The van der Waals surface area contributed by atoms with E-state index in [1.165, 1.54) is 47.8 Å². The summed E-state index contributed by atoms with van der Waals surface area (Å²) in [6.07, 6.45) is 9.30. The van der Waals surface area contributed by atoms with E-state index in [0.29, 0.717) is 5.92 Å². The van der Waals surface area contributed by atoms with Crippen LogP contribution in [0.1, 0.15) is 69.3 Å². The standard InChI is InChI=1S/C16H24IN3S/c1-2-9-18-16-14(17)15(11-7-8-11)19-13(20-16)10-21-12-5-3-4-6-12/h11-12H,2-10H2,1H3,(H,18,19,20). The van der Waals surface area contributed by atoms with Crippen LogP contribution in [0, 0.1) is 3.57 Å². The first kappa shape index (κ1) is 15.8. The highest BCUT2D eigenvalue weighted by atomic mass is 127. The fraction of sp³-hybridized carbons (Fsp3) is 0.750. The van der Waals surface area contributed by atoms with Gasteiger partial charge >= 0.3 is 0 Å². The summed E-state index contributed by atoms with van der Waals surface area (Å²) in [6.45, 7) is 3.19. The second-order valence-electron chi connectivity index (χ2n) is 6.11. The largest absolute Gasteiger partial charge is 0.369 e. The van der Waals surface area contributed by atoms with E-state index in [2.05, 4.69) is 46.6 Å². The summed E-state index contributed by atoms with van der Waals surface area (Å²) in [5.41, 5.74) is 1.30. The van der Waals surface area contributed by atoms with Gasteiger partial charge in [-0.1, -0.05) is 19.8 Å². The molecule has 1 aromatic rings. The number of rotatable bonds is 7. The highest BCUT2D eigenvalue weighted by molar-refractivity contribution is 14.1. The van der Waals surface area contributed by atoms with Gasteiger partial charge in [-0.25, -0.2) is 9.97 Å². The molecule has 5 heteroatoms. The van der Waals surface area contributed by atoms with Crippen molar-refractivity contribution in [1.29, 1.82) is 0 Å². The normalized spacial score (nSPS) is 19.1. The minimum atomic E-state index is 0.692. The van der Waals surface area contributed by atoms with Crippen LogP contribution in [0.3, 0.4) is 0 Å². The first-order chi connectivity index (χ1) is 10.3.